The summed E-state index contributed by atoms with van der Waals surface area (Å²) >= 11 is 0. The lowest BCUT2D eigenvalue weighted by Crippen LogP contribution is -2.26. The number of rotatable bonds is 4. The minimum atomic E-state index is -0.928. The molecule has 0 heterocycles. The Balaban J connectivity index is 3.60. The van der Waals surface area contributed by atoms with E-state index in [9.17, 15) is 9.59 Å². The Morgan fingerprint density at radius 3 is 2.27 bits per heavy atom. The van der Waals surface area contributed by atoms with Crippen LogP contribution in [0.3, 0.4) is 0 Å². The van der Waals surface area contributed by atoms with E-state index in [4.69, 9.17) is 5.11 Å². The van der Waals surface area contributed by atoms with Gasteiger partial charge in [0.15, 0.2) is 0 Å². The molecule has 0 aromatic rings. The first-order valence-corrected chi connectivity index (χ1v) is 3.53. The van der Waals surface area contributed by atoms with Crippen LogP contribution in [0.4, 0.5) is 0 Å². The van der Waals surface area contributed by atoms with Crippen LogP contribution in [0.2, 0.25) is 0 Å². The third-order valence-corrected chi connectivity index (χ3v) is 1.45. The van der Waals surface area contributed by atoms with Gasteiger partial charge in [-0.15, -0.1) is 0 Å². The van der Waals surface area contributed by atoms with E-state index in [1.165, 1.54) is 4.90 Å². The number of carbonyl (C=O) groups excluding carboxylic acids is 1. The van der Waals surface area contributed by atoms with Crippen LogP contribution in [0.25, 0.3) is 0 Å². The van der Waals surface area contributed by atoms with Crippen molar-refractivity contribution in [3.05, 3.63) is 0 Å². The Morgan fingerprint density at radius 1 is 1.36 bits per heavy atom. The van der Waals surface area contributed by atoms with Gasteiger partial charge >= 0.3 is 5.97 Å². The minimum absolute atomic E-state index is 0.0802. The molecule has 0 aromatic heterocycles. The zero-order valence-corrected chi connectivity index (χ0v) is 6.83. The van der Waals surface area contributed by atoms with Crippen molar-refractivity contribution in [1.29, 1.82) is 0 Å². The highest BCUT2D eigenvalue weighted by molar-refractivity contribution is 5.80. The van der Waals surface area contributed by atoms with E-state index in [2.05, 4.69) is 0 Å². The first-order valence-electron chi connectivity index (χ1n) is 3.53. The molecule has 4 nitrogen and oxygen atoms in total. The maximum Gasteiger partial charge on any atom is 0.303 e. The molecule has 0 atom stereocenters. The van der Waals surface area contributed by atoms with E-state index in [0.29, 0.717) is 6.54 Å². The number of hydrogen-bond donors (Lipinski definition) is 1. The van der Waals surface area contributed by atoms with E-state index in [-0.39, 0.29) is 18.7 Å². The van der Waals surface area contributed by atoms with E-state index in [1.807, 2.05) is 6.92 Å². The molecule has 0 saturated heterocycles. The molecule has 0 aliphatic rings. The van der Waals surface area contributed by atoms with E-state index >= 15 is 0 Å². The molecule has 11 heavy (non-hydrogen) atoms. The summed E-state index contributed by atoms with van der Waals surface area (Å²) in [6.07, 6.45) is 0.0167. The van der Waals surface area contributed by atoms with Gasteiger partial charge in [-0.3, -0.25) is 9.59 Å². The van der Waals surface area contributed by atoms with E-state index in [1.54, 1.807) is 7.05 Å². The quantitative estimate of drug-likeness (QED) is 0.643. The number of nitrogens with zero attached hydrogens (tertiary/aromatic N) is 1. The summed E-state index contributed by atoms with van der Waals surface area (Å²) < 4.78 is 0. The van der Waals surface area contributed by atoms with E-state index in [0.717, 1.165) is 0 Å². The Kier molecular flexibility index (Phi) is 4.26. The van der Waals surface area contributed by atoms with Crippen LogP contribution < -0.4 is 0 Å². The molecule has 0 rings (SSSR count). The van der Waals surface area contributed by atoms with Crippen LogP contribution >= 0.6 is 0 Å². The second-order valence-corrected chi connectivity index (χ2v) is 2.30. The Hall–Kier alpha value is -1.06. The zero-order valence-electron chi connectivity index (χ0n) is 6.83. The molecule has 0 aliphatic carbocycles. The highest BCUT2D eigenvalue weighted by Gasteiger charge is 2.07. The molecule has 0 spiro atoms. The third-order valence-electron chi connectivity index (χ3n) is 1.45. The minimum Gasteiger partial charge on any atom is -0.481 e. The summed E-state index contributed by atoms with van der Waals surface area (Å²) in [4.78, 5) is 22.5. The molecule has 0 bridgehead atoms. The lowest BCUT2D eigenvalue weighted by Gasteiger charge is -2.12. The number of amides is 1. The fraction of sp³-hybridized carbons (Fsp3) is 0.714. The molecule has 4 heteroatoms. The number of carbonyl (C=O) groups is 2. The van der Waals surface area contributed by atoms with Crippen molar-refractivity contribution in [2.24, 2.45) is 0 Å². The first kappa shape index (κ1) is 9.94. The topological polar surface area (TPSA) is 57.6 Å². The van der Waals surface area contributed by atoms with Crippen LogP contribution in [0.15, 0.2) is 0 Å². The molecule has 0 saturated carbocycles. The van der Waals surface area contributed by atoms with Crippen LogP contribution in [-0.4, -0.2) is 35.5 Å². The summed E-state index contributed by atoms with van der Waals surface area (Å²) in [5.41, 5.74) is 0. The van der Waals surface area contributed by atoms with Crippen molar-refractivity contribution in [2.45, 2.75) is 19.8 Å². The third kappa shape index (κ3) is 4.36. The molecule has 64 valence electrons. The van der Waals surface area contributed by atoms with Gasteiger partial charge in [-0.05, 0) is 6.92 Å². The lowest BCUT2D eigenvalue weighted by molar-refractivity contribution is -0.140. The Labute approximate surface area is 65.8 Å². The summed E-state index contributed by atoms with van der Waals surface area (Å²) in [6, 6.07) is 0. The predicted octanol–water partition coefficient (Wildman–Crippen LogP) is 0.329. The van der Waals surface area contributed by atoms with Crippen LogP contribution in [0, 0.1) is 0 Å². The summed E-state index contributed by atoms with van der Waals surface area (Å²) in [6.45, 7) is 2.47. The fourth-order valence-corrected chi connectivity index (χ4v) is 0.581. The lowest BCUT2D eigenvalue weighted by atomic mass is 10.3. The maximum atomic E-state index is 10.9. The van der Waals surface area contributed by atoms with Gasteiger partial charge in [-0.1, -0.05) is 0 Å². The number of aliphatic carboxylic acids is 1. The highest BCUT2D eigenvalue weighted by Crippen LogP contribution is 1.94. The van der Waals surface area contributed by atoms with Gasteiger partial charge < -0.3 is 10.0 Å². The van der Waals surface area contributed by atoms with Gasteiger partial charge in [-0.25, -0.2) is 0 Å². The summed E-state index contributed by atoms with van der Waals surface area (Å²) in [7, 11) is 1.66. The maximum absolute atomic E-state index is 10.9. The average molecular weight is 159 g/mol. The van der Waals surface area contributed by atoms with Gasteiger partial charge in [0, 0.05) is 20.0 Å². The van der Waals surface area contributed by atoms with Gasteiger partial charge in [0.2, 0.25) is 5.91 Å². The van der Waals surface area contributed by atoms with E-state index < -0.39 is 5.97 Å². The van der Waals surface area contributed by atoms with Crippen molar-refractivity contribution in [3.8, 4) is 0 Å². The fourth-order valence-electron chi connectivity index (χ4n) is 0.581. The number of hydrogen-bond acceptors (Lipinski definition) is 2. The molecule has 1 amide bonds. The second kappa shape index (κ2) is 4.71. The van der Waals surface area contributed by atoms with Crippen LogP contribution in [0.5, 0.6) is 0 Å². The molecule has 0 fully saturated rings. The normalized spacial score (nSPS) is 9.27. The summed E-state index contributed by atoms with van der Waals surface area (Å²) in [5.74, 6) is -1.04. The van der Waals surface area contributed by atoms with Crippen molar-refractivity contribution in [2.75, 3.05) is 13.6 Å². The van der Waals surface area contributed by atoms with Crippen molar-refractivity contribution < 1.29 is 14.7 Å². The molecule has 0 unspecified atom stereocenters. The Bertz CT molecular complexity index is 156. The molecule has 0 radical (unpaired) electrons. The standard InChI is InChI=1S/C7H13NO3/c1-3-8(2)6(9)4-5-7(10)11/h3-5H2,1-2H3,(H,10,11). The average Bonchev–Trinajstić information content (AvgIpc) is 1.98. The molecular weight excluding hydrogens is 146 g/mol. The highest BCUT2D eigenvalue weighted by atomic mass is 16.4. The molecule has 0 aromatic carbocycles. The SMILES string of the molecule is CCN(C)C(=O)CCC(=O)O. The second-order valence-electron chi connectivity index (χ2n) is 2.30. The van der Waals surface area contributed by atoms with Crippen molar-refractivity contribution in [3.63, 3.8) is 0 Å². The van der Waals surface area contributed by atoms with Crippen molar-refractivity contribution >= 4 is 11.9 Å². The number of carboxylic acids is 1. The Morgan fingerprint density at radius 2 is 1.91 bits per heavy atom. The van der Waals surface area contributed by atoms with Gasteiger partial charge in [-0.2, -0.15) is 0 Å². The molecular formula is C7H13NO3. The molecule has 1 N–H and O–H groups in total. The van der Waals surface area contributed by atoms with Crippen LogP contribution in [0.1, 0.15) is 19.8 Å². The largest absolute Gasteiger partial charge is 0.481 e. The predicted molar refractivity (Wildman–Crippen MR) is 40.2 cm³/mol. The zero-order chi connectivity index (χ0) is 8.85. The summed E-state index contributed by atoms with van der Waals surface area (Å²) in [5, 5.41) is 8.25. The smallest absolute Gasteiger partial charge is 0.303 e. The van der Waals surface area contributed by atoms with Crippen molar-refractivity contribution in [1.82, 2.24) is 4.90 Å². The monoisotopic (exact) mass is 159 g/mol. The van der Waals surface area contributed by atoms with Gasteiger partial charge in [0.25, 0.3) is 0 Å². The van der Waals surface area contributed by atoms with Gasteiger partial charge in [0.05, 0.1) is 6.42 Å². The first-order chi connectivity index (χ1) is 5.07. The molecule has 0 aliphatic heterocycles. The number of carboxylic acid groups (broad SMARTS) is 1. The van der Waals surface area contributed by atoms with Crippen LogP contribution in [-0.2, 0) is 9.59 Å². The van der Waals surface area contributed by atoms with Gasteiger partial charge in [0.1, 0.15) is 0 Å².